The molecule has 0 bridgehead atoms. The van der Waals surface area contributed by atoms with E-state index in [0.717, 1.165) is 23.2 Å². The number of pyridine rings is 1. The van der Waals surface area contributed by atoms with Crippen molar-refractivity contribution in [2.24, 2.45) is 29.6 Å². The summed E-state index contributed by atoms with van der Waals surface area (Å²) in [5, 5.41) is 19.1. The number of aliphatic hydroxyl groups excluding tert-OH is 1. The van der Waals surface area contributed by atoms with E-state index in [1.165, 1.54) is 0 Å². The summed E-state index contributed by atoms with van der Waals surface area (Å²) in [6.07, 6.45) is 6.64. The molecule has 2 aliphatic rings. The summed E-state index contributed by atoms with van der Waals surface area (Å²) in [4.78, 5) is 16.7. The topological polar surface area (TPSA) is 83.2 Å². The summed E-state index contributed by atoms with van der Waals surface area (Å²) in [6, 6.07) is 13.6. The fourth-order valence-electron chi connectivity index (χ4n) is 4.97. The van der Waals surface area contributed by atoms with E-state index in [4.69, 9.17) is 4.74 Å². The van der Waals surface area contributed by atoms with Crippen molar-refractivity contribution in [1.82, 2.24) is 4.98 Å². The number of hydrogen-bond acceptors (Lipinski definition) is 5. The molecule has 0 unspecified atom stereocenters. The second-order valence-corrected chi connectivity index (χ2v) is 8.48. The average molecular weight is 402 g/mol. The first-order valence-corrected chi connectivity index (χ1v) is 10.5. The molecule has 6 atom stereocenters. The lowest BCUT2D eigenvalue weighted by Crippen LogP contribution is -2.41. The Labute approximate surface area is 177 Å². The Morgan fingerprint density at radius 1 is 1.27 bits per heavy atom. The number of hydrogen-bond donors (Lipinski definition) is 1. The summed E-state index contributed by atoms with van der Waals surface area (Å²) in [5.41, 5.74) is 3.22. The van der Waals surface area contributed by atoms with Crippen LogP contribution < -0.4 is 0 Å². The Bertz CT molecular complexity index is 992. The van der Waals surface area contributed by atoms with Crippen molar-refractivity contribution < 1.29 is 14.6 Å². The third kappa shape index (κ3) is 3.64. The third-order valence-corrected chi connectivity index (χ3v) is 6.85. The number of carbonyl (C=O) groups is 1. The number of nitrogens with zero attached hydrogens (tertiary/aromatic N) is 2. The van der Waals surface area contributed by atoms with Gasteiger partial charge in [0.25, 0.3) is 0 Å². The zero-order valence-corrected chi connectivity index (χ0v) is 17.2. The van der Waals surface area contributed by atoms with Crippen molar-refractivity contribution in [2.75, 3.05) is 6.61 Å². The standard InChI is InChI=1S/C25H26N2O3/c1-15-11-23-24(22(14-28)25(29)30-23)20(16(15)2)10-9-19-8-7-18(13-27-19)21-6-4-3-5-17(21)12-26/h3-10,13,15-16,20,22-24,28H,11,14H2,1-2H3/t15-,16+,20-,22+,23+,24+/m0/s1. The predicted octanol–water partition coefficient (Wildman–Crippen LogP) is 4.08. The summed E-state index contributed by atoms with van der Waals surface area (Å²) in [7, 11) is 0. The van der Waals surface area contributed by atoms with Crippen molar-refractivity contribution in [3.8, 4) is 17.2 Å². The van der Waals surface area contributed by atoms with Gasteiger partial charge in [-0.2, -0.15) is 5.26 Å². The molecule has 154 valence electrons. The second-order valence-electron chi connectivity index (χ2n) is 8.48. The van der Waals surface area contributed by atoms with E-state index in [0.29, 0.717) is 17.4 Å². The van der Waals surface area contributed by atoms with Crippen molar-refractivity contribution in [1.29, 1.82) is 5.26 Å². The Hall–Kier alpha value is -2.97. The first kappa shape index (κ1) is 20.3. The highest BCUT2D eigenvalue weighted by molar-refractivity contribution is 5.75. The third-order valence-electron chi connectivity index (χ3n) is 6.85. The molecular weight excluding hydrogens is 376 g/mol. The van der Waals surface area contributed by atoms with Gasteiger partial charge in [0.05, 0.1) is 29.9 Å². The van der Waals surface area contributed by atoms with Crippen LogP contribution in [0.1, 0.15) is 31.5 Å². The number of esters is 1. The second kappa shape index (κ2) is 8.41. The number of aliphatic hydroxyl groups is 1. The van der Waals surface area contributed by atoms with E-state index >= 15 is 0 Å². The quantitative estimate of drug-likeness (QED) is 0.779. The first-order chi connectivity index (χ1) is 14.5. The highest BCUT2D eigenvalue weighted by Crippen LogP contribution is 2.48. The molecule has 2 heterocycles. The van der Waals surface area contributed by atoms with Crippen LogP contribution in [0.4, 0.5) is 0 Å². The maximum atomic E-state index is 12.2. The number of rotatable bonds is 4. The van der Waals surface area contributed by atoms with Gasteiger partial charge >= 0.3 is 5.97 Å². The molecule has 1 aromatic carbocycles. The van der Waals surface area contributed by atoms with Gasteiger partial charge in [-0.15, -0.1) is 0 Å². The van der Waals surface area contributed by atoms with Crippen LogP contribution in [-0.2, 0) is 9.53 Å². The molecule has 5 nitrogen and oxygen atoms in total. The van der Waals surface area contributed by atoms with Gasteiger partial charge in [0.15, 0.2) is 0 Å². The average Bonchev–Trinajstić information content (AvgIpc) is 3.08. The number of nitriles is 1. The zero-order chi connectivity index (χ0) is 21.3. The van der Waals surface area contributed by atoms with Gasteiger partial charge in [0.2, 0.25) is 0 Å². The number of aromatic nitrogens is 1. The van der Waals surface area contributed by atoms with Crippen LogP contribution in [0.3, 0.4) is 0 Å². The fraction of sp³-hybridized carbons (Fsp3) is 0.400. The number of carbonyl (C=O) groups excluding carboxylic acids is 1. The van der Waals surface area contributed by atoms with Crippen LogP contribution in [-0.4, -0.2) is 28.8 Å². The van der Waals surface area contributed by atoms with E-state index in [9.17, 15) is 15.2 Å². The van der Waals surface area contributed by atoms with Gasteiger partial charge < -0.3 is 9.84 Å². The zero-order valence-electron chi connectivity index (χ0n) is 17.2. The lowest BCUT2D eigenvalue weighted by atomic mass is 9.63. The van der Waals surface area contributed by atoms with Crippen LogP contribution >= 0.6 is 0 Å². The molecule has 1 aromatic heterocycles. The van der Waals surface area contributed by atoms with Gasteiger partial charge in [-0.05, 0) is 42.4 Å². The number of benzene rings is 1. The minimum absolute atomic E-state index is 0.00623. The molecule has 1 aliphatic carbocycles. The minimum atomic E-state index is -0.447. The summed E-state index contributed by atoms with van der Waals surface area (Å²) < 4.78 is 5.58. The van der Waals surface area contributed by atoms with Crippen LogP contribution in [0.25, 0.3) is 17.2 Å². The van der Waals surface area contributed by atoms with Gasteiger partial charge in [0.1, 0.15) is 6.10 Å². The maximum absolute atomic E-state index is 12.2. The summed E-state index contributed by atoms with van der Waals surface area (Å²) >= 11 is 0. The van der Waals surface area contributed by atoms with Crippen molar-refractivity contribution in [3.05, 3.63) is 59.9 Å². The molecule has 1 aliphatic heterocycles. The van der Waals surface area contributed by atoms with Crippen molar-refractivity contribution in [3.63, 3.8) is 0 Å². The predicted molar refractivity (Wildman–Crippen MR) is 114 cm³/mol. The van der Waals surface area contributed by atoms with Crippen LogP contribution in [0.5, 0.6) is 0 Å². The van der Waals surface area contributed by atoms with Crippen LogP contribution in [0.15, 0.2) is 48.7 Å². The lowest BCUT2D eigenvalue weighted by Gasteiger charge is -2.40. The maximum Gasteiger partial charge on any atom is 0.312 e. The summed E-state index contributed by atoms with van der Waals surface area (Å²) in [6.45, 7) is 4.24. The molecule has 1 N–H and O–H groups in total. The first-order valence-electron chi connectivity index (χ1n) is 10.5. The summed E-state index contributed by atoms with van der Waals surface area (Å²) in [5.74, 6) is 0.245. The fourth-order valence-corrected chi connectivity index (χ4v) is 4.97. The SMILES string of the molecule is C[C@H]1[C@H](C=Cc2ccc(-c3ccccc3C#N)cn2)[C@H]2[C@@H](C[C@@H]1C)OC(=O)[C@@H]2CO. The molecule has 1 saturated carbocycles. The van der Waals surface area contributed by atoms with Crippen molar-refractivity contribution in [2.45, 2.75) is 26.4 Å². The molecule has 1 saturated heterocycles. The van der Waals surface area contributed by atoms with Gasteiger partial charge in [0, 0.05) is 23.2 Å². The molecule has 30 heavy (non-hydrogen) atoms. The highest BCUT2D eigenvalue weighted by atomic mass is 16.6. The van der Waals surface area contributed by atoms with Crippen LogP contribution in [0.2, 0.25) is 0 Å². The lowest BCUT2D eigenvalue weighted by molar-refractivity contribution is -0.145. The Morgan fingerprint density at radius 2 is 2.07 bits per heavy atom. The van der Waals surface area contributed by atoms with Crippen LogP contribution in [0, 0.1) is 40.9 Å². The monoisotopic (exact) mass is 402 g/mol. The normalized spacial score (nSPS) is 30.7. The Balaban J connectivity index is 1.57. The van der Waals surface area contributed by atoms with E-state index in [2.05, 4.69) is 31.0 Å². The minimum Gasteiger partial charge on any atom is -0.462 e. The molecule has 0 radical (unpaired) electrons. The molecule has 2 fully saturated rings. The smallest absolute Gasteiger partial charge is 0.312 e. The van der Waals surface area contributed by atoms with E-state index < -0.39 is 5.92 Å². The number of ether oxygens (including phenoxy) is 1. The molecule has 5 heteroatoms. The Kier molecular flexibility index (Phi) is 5.69. The highest BCUT2D eigenvalue weighted by Gasteiger charge is 2.52. The van der Waals surface area contributed by atoms with E-state index in [1.807, 2.05) is 36.4 Å². The van der Waals surface area contributed by atoms with Gasteiger partial charge in [-0.25, -0.2) is 0 Å². The molecular formula is C25H26N2O3. The molecule has 0 amide bonds. The molecule has 0 spiro atoms. The largest absolute Gasteiger partial charge is 0.462 e. The number of fused-ring (bicyclic) bond motifs is 1. The van der Waals surface area contributed by atoms with E-state index in [1.54, 1.807) is 12.3 Å². The van der Waals surface area contributed by atoms with Crippen molar-refractivity contribution >= 4 is 12.0 Å². The Morgan fingerprint density at radius 3 is 2.77 bits per heavy atom. The number of allylic oxidation sites excluding steroid dienone is 1. The van der Waals surface area contributed by atoms with Gasteiger partial charge in [-0.1, -0.05) is 44.2 Å². The molecule has 2 aromatic rings. The van der Waals surface area contributed by atoms with Gasteiger partial charge in [-0.3, -0.25) is 9.78 Å². The van der Waals surface area contributed by atoms with E-state index in [-0.39, 0.29) is 30.5 Å². The molecule has 4 rings (SSSR count).